The molecule has 0 spiro atoms. The Morgan fingerprint density at radius 2 is 1.08 bits per heavy atom. The van der Waals surface area contributed by atoms with Crippen LogP contribution in [0.5, 0.6) is 0 Å². The maximum absolute atomic E-state index is 2.45. The molecule has 188 valence electrons. The molecule has 1 nitrogen and oxygen atoms in total. The predicted octanol–water partition coefficient (Wildman–Crippen LogP) is 10.3. The minimum atomic E-state index is 0.139. The highest BCUT2D eigenvalue weighted by Gasteiger charge is 2.21. The molecule has 0 unspecified atom stereocenters. The van der Waals surface area contributed by atoms with Gasteiger partial charge in [-0.05, 0) is 76.0 Å². The summed E-state index contributed by atoms with van der Waals surface area (Å²) in [6.07, 6.45) is 0. The molecule has 0 saturated heterocycles. The molecular formula is C35H31NS2. The van der Waals surface area contributed by atoms with Gasteiger partial charge in [0, 0.05) is 39.8 Å². The Labute approximate surface area is 233 Å². The molecule has 38 heavy (non-hydrogen) atoms. The van der Waals surface area contributed by atoms with Crippen molar-refractivity contribution in [1.82, 2.24) is 0 Å². The summed E-state index contributed by atoms with van der Waals surface area (Å²) in [7, 11) is 0. The molecule has 6 rings (SSSR count). The summed E-state index contributed by atoms with van der Waals surface area (Å²) in [6.45, 7) is 6.47. The lowest BCUT2D eigenvalue weighted by Gasteiger charge is -2.26. The summed E-state index contributed by atoms with van der Waals surface area (Å²) in [6, 6.07) is 40.6. The third-order valence-electron chi connectivity index (χ3n) is 7.45. The first kappa shape index (κ1) is 24.7. The molecule has 2 heterocycles. The number of nitrogens with zero attached hydrogens (tertiary/aromatic N) is 1. The maximum Gasteiger partial charge on any atom is 0.0445 e. The van der Waals surface area contributed by atoms with E-state index in [4.69, 9.17) is 0 Å². The van der Waals surface area contributed by atoms with Crippen LogP contribution in [-0.2, 0) is 0 Å². The van der Waals surface area contributed by atoms with E-state index in [9.17, 15) is 0 Å². The van der Waals surface area contributed by atoms with E-state index in [0.717, 1.165) is 13.1 Å². The molecule has 0 aliphatic heterocycles. The quantitative estimate of drug-likeness (QED) is 0.177. The summed E-state index contributed by atoms with van der Waals surface area (Å²) in [4.78, 5) is 5.07. The van der Waals surface area contributed by atoms with Gasteiger partial charge in [-0.1, -0.05) is 91.0 Å². The fourth-order valence-electron chi connectivity index (χ4n) is 5.52. The van der Waals surface area contributed by atoms with Crippen LogP contribution in [0.15, 0.2) is 120 Å². The summed E-state index contributed by atoms with van der Waals surface area (Å²) in [5, 5.41) is 6.94. The number of rotatable bonds is 8. The van der Waals surface area contributed by atoms with E-state index < -0.39 is 0 Å². The molecule has 0 radical (unpaired) electrons. The molecule has 4 aromatic carbocycles. The molecule has 0 saturated carbocycles. The second kappa shape index (κ2) is 11.0. The van der Waals surface area contributed by atoms with Gasteiger partial charge in [-0.2, -0.15) is 0 Å². The molecule has 0 amide bonds. The van der Waals surface area contributed by atoms with Crippen molar-refractivity contribution in [2.75, 3.05) is 18.0 Å². The van der Waals surface area contributed by atoms with E-state index >= 15 is 0 Å². The Hall–Kier alpha value is -3.66. The second-order valence-corrected chi connectivity index (χ2v) is 11.4. The van der Waals surface area contributed by atoms with Crippen molar-refractivity contribution in [3.8, 4) is 20.9 Å². The minimum absolute atomic E-state index is 0.139. The number of fused-ring (bicyclic) bond motifs is 1. The molecule has 0 atom stereocenters. The summed E-state index contributed by atoms with van der Waals surface area (Å²) < 4.78 is 0. The third-order valence-corrected chi connectivity index (χ3v) is 9.29. The Balaban J connectivity index is 1.51. The highest BCUT2D eigenvalue weighted by Crippen LogP contribution is 2.40. The van der Waals surface area contributed by atoms with Crippen molar-refractivity contribution in [3.63, 3.8) is 0 Å². The van der Waals surface area contributed by atoms with Crippen molar-refractivity contribution in [2.24, 2.45) is 0 Å². The van der Waals surface area contributed by atoms with E-state index in [-0.39, 0.29) is 5.92 Å². The highest BCUT2D eigenvalue weighted by atomic mass is 32.1. The largest absolute Gasteiger partial charge is 0.372 e. The average molecular weight is 530 g/mol. The van der Waals surface area contributed by atoms with Gasteiger partial charge in [0.05, 0.1) is 0 Å². The minimum Gasteiger partial charge on any atom is -0.372 e. The van der Waals surface area contributed by atoms with Crippen molar-refractivity contribution < 1.29 is 0 Å². The Kier molecular flexibility index (Phi) is 7.13. The Bertz CT molecular complexity index is 1530. The lowest BCUT2D eigenvalue weighted by atomic mass is 9.82. The molecule has 0 bridgehead atoms. The van der Waals surface area contributed by atoms with Gasteiger partial charge in [0.2, 0.25) is 0 Å². The van der Waals surface area contributed by atoms with E-state index in [2.05, 4.69) is 139 Å². The monoisotopic (exact) mass is 529 g/mol. The summed E-state index contributed by atoms with van der Waals surface area (Å²) in [5.41, 5.74) is 7.85. The zero-order valence-electron chi connectivity index (χ0n) is 21.8. The van der Waals surface area contributed by atoms with Crippen LogP contribution in [0.4, 0.5) is 5.69 Å². The van der Waals surface area contributed by atoms with Crippen molar-refractivity contribution in [3.05, 3.63) is 137 Å². The molecular weight excluding hydrogens is 499 g/mol. The number of hydrogen-bond acceptors (Lipinski definition) is 3. The van der Waals surface area contributed by atoms with Gasteiger partial charge in [-0.15, -0.1) is 22.7 Å². The number of benzene rings is 4. The van der Waals surface area contributed by atoms with Gasteiger partial charge in [-0.3, -0.25) is 0 Å². The van der Waals surface area contributed by atoms with Crippen LogP contribution >= 0.6 is 22.7 Å². The van der Waals surface area contributed by atoms with E-state index in [1.54, 1.807) is 22.7 Å². The first-order valence-corrected chi connectivity index (χ1v) is 15.1. The van der Waals surface area contributed by atoms with Crippen LogP contribution in [0.25, 0.3) is 31.7 Å². The van der Waals surface area contributed by atoms with Crippen molar-refractivity contribution in [2.45, 2.75) is 19.8 Å². The van der Waals surface area contributed by atoms with Crippen molar-refractivity contribution >= 4 is 39.1 Å². The van der Waals surface area contributed by atoms with Gasteiger partial charge < -0.3 is 4.90 Å². The van der Waals surface area contributed by atoms with Crippen LogP contribution in [0.3, 0.4) is 0 Å². The summed E-state index contributed by atoms with van der Waals surface area (Å²) in [5.74, 6) is 0.139. The maximum atomic E-state index is 2.45. The predicted molar refractivity (Wildman–Crippen MR) is 168 cm³/mol. The fourth-order valence-corrected chi connectivity index (χ4v) is 6.98. The Morgan fingerprint density at radius 1 is 0.553 bits per heavy atom. The zero-order chi connectivity index (χ0) is 25.9. The summed E-state index contributed by atoms with van der Waals surface area (Å²) >= 11 is 3.58. The number of hydrogen-bond donors (Lipinski definition) is 0. The average Bonchev–Trinajstić information content (AvgIpc) is 3.71. The molecule has 6 aromatic rings. The zero-order valence-corrected chi connectivity index (χ0v) is 23.4. The van der Waals surface area contributed by atoms with E-state index in [0.29, 0.717) is 0 Å². The number of thiophene rings is 2. The third kappa shape index (κ3) is 4.69. The standard InChI is InChI=1S/C35H31NS2/c1-3-36(4-2)32-22-21-31(29-9-5-6-10-30(29)32)35(27-17-13-25(14-18-27)33-11-7-23-37-33)28-19-15-26(16-20-28)34-12-8-24-38-34/h5-24,35H,3-4H2,1-2H3. The molecule has 3 heteroatoms. The van der Waals surface area contributed by atoms with Gasteiger partial charge in [0.15, 0.2) is 0 Å². The van der Waals surface area contributed by atoms with Crippen LogP contribution in [-0.4, -0.2) is 13.1 Å². The van der Waals surface area contributed by atoms with Gasteiger partial charge in [-0.25, -0.2) is 0 Å². The first-order valence-electron chi connectivity index (χ1n) is 13.3. The second-order valence-electron chi connectivity index (χ2n) is 9.52. The molecule has 0 fully saturated rings. The van der Waals surface area contributed by atoms with Crippen LogP contribution in [0, 0.1) is 0 Å². The SMILES string of the molecule is CCN(CC)c1ccc(C(c2ccc(-c3cccs3)cc2)c2ccc(-c3cccs3)cc2)c2ccccc12. The van der Waals surface area contributed by atoms with E-state index in [1.807, 2.05) is 0 Å². The van der Waals surface area contributed by atoms with Crippen LogP contribution < -0.4 is 4.90 Å². The molecule has 0 N–H and O–H groups in total. The highest BCUT2D eigenvalue weighted by molar-refractivity contribution is 7.13. The van der Waals surface area contributed by atoms with E-state index in [1.165, 1.54) is 54.0 Å². The fraction of sp³-hybridized carbons (Fsp3) is 0.143. The van der Waals surface area contributed by atoms with Crippen LogP contribution in [0.1, 0.15) is 36.5 Å². The van der Waals surface area contributed by atoms with Gasteiger partial charge >= 0.3 is 0 Å². The molecule has 0 aliphatic carbocycles. The normalized spacial score (nSPS) is 11.3. The molecule has 2 aromatic heterocycles. The van der Waals surface area contributed by atoms with Crippen molar-refractivity contribution in [1.29, 1.82) is 0 Å². The lowest BCUT2D eigenvalue weighted by Crippen LogP contribution is -2.22. The lowest BCUT2D eigenvalue weighted by molar-refractivity contribution is 0.869. The molecule has 0 aliphatic rings. The topological polar surface area (TPSA) is 3.24 Å². The first-order chi connectivity index (χ1) is 18.8. The number of anilines is 1. The smallest absolute Gasteiger partial charge is 0.0445 e. The van der Waals surface area contributed by atoms with Gasteiger partial charge in [0.1, 0.15) is 0 Å². The van der Waals surface area contributed by atoms with Gasteiger partial charge in [0.25, 0.3) is 0 Å². The Morgan fingerprint density at radius 3 is 1.55 bits per heavy atom. The van der Waals surface area contributed by atoms with Crippen LogP contribution in [0.2, 0.25) is 0 Å².